The standard InChI is InChI=1S/C27H32N2O4S/c1-17(2)33-24-16-20-19(14-23(24)31-4)7-8-29-22(15-21(26(20)29)25-6-5-13-34-25)27(30)18(3)28-9-11-32-12-10-28/h5-6,13-18H,7-12H2,1-4H3. The minimum atomic E-state index is -0.184. The molecule has 1 aromatic carbocycles. The molecule has 1 unspecified atom stereocenters. The number of benzene rings is 1. The van der Waals surface area contributed by atoms with Crippen LogP contribution in [0.15, 0.2) is 35.7 Å². The Hall–Kier alpha value is -2.61. The summed E-state index contributed by atoms with van der Waals surface area (Å²) in [6.45, 7) is 9.75. The summed E-state index contributed by atoms with van der Waals surface area (Å²) in [6.07, 6.45) is 0.872. The van der Waals surface area contributed by atoms with E-state index >= 15 is 0 Å². The van der Waals surface area contributed by atoms with Crippen molar-refractivity contribution in [3.8, 4) is 33.2 Å². The Labute approximate surface area is 205 Å². The summed E-state index contributed by atoms with van der Waals surface area (Å²) in [4.78, 5) is 17.2. The van der Waals surface area contributed by atoms with Gasteiger partial charge in [-0.2, -0.15) is 0 Å². The lowest BCUT2D eigenvalue weighted by Gasteiger charge is -2.32. The summed E-state index contributed by atoms with van der Waals surface area (Å²) in [5.41, 5.74) is 5.32. The Morgan fingerprint density at radius 1 is 1.06 bits per heavy atom. The van der Waals surface area contributed by atoms with Crippen molar-refractivity contribution in [1.82, 2.24) is 9.47 Å². The summed E-state index contributed by atoms with van der Waals surface area (Å²) >= 11 is 1.70. The third kappa shape index (κ3) is 4.17. The molecule has 0 bridgehead atoms. The zero-order valence-corrected chi connectivity index (χ0v) is 21.1. The summed E-state index contributed by atoms with van der Waals surface area (Å²) in [6, 6.07) is 10.3. The molecule has 1 fully saturated rings. The molecule has 7 heteroatoms. The normalized spacial score (nSPS) is 16.7. The smallest absolute Gasteiger partial charge is 0.196 e. The monoisotopic (exact) mass is 480 g/mol. The predicted octanol–water partition coefficient (Wildman–Crippen LogP) is 5.14. The molecule has 0 amide bonds. The van der Waals surface area contributed by atoms with Crippen molar-refractivity contribution >= 4 is 17.1 Å². The van der Waals surface area contributed by atoms with Crippen LogP contribution >= 0.6 is 11.3 Å². The van der Waals surface area contributed by atoms with Gasteiger partial charge >= 0.3 is 0 Å². The molecule has 6 nitrogen and oxygen atoms in total. The van der Waals surface area contributed by atoms with Crippen molar-refractivity contribution < 1.29 is 19.0 Å². The maximum Gasteiger partial charge on any atom is 0.196 e. The van der Waals surface area contributed by atoms with Gasteiger partial charge in [-0.15, -0.1) is 11.3 Å². The van der Waals surface area contributed by atoms with Crippen molar-refractivity contribution in [3.63, 3.8) is 0 Å². The molecular formula is C27H32N2O4S. The lowest BCUT2D eigenvalue weighted by Crippen LogP contribution is -2.46. The fourth-order valence-electron chi connectivity index (χ4n) is 5.01. The van der Waals surface area contributed by atoms with Gasteiger partial charge in [0.1, 0.15) is 0 Å². The number of aromatic nitrogens is 1. The van der Waals surface area contributed by atoms with Gasteiger partial charge in [0.15, 0.2) is 17.3 Å². The van der Waals surface area contributed by atoms with Gasteiger partial charge in [-0.05, 0) is 62.4 Å². The highest BCUT2D eigenvalue weighted by molar-refractivity contribution is 7.13. The van der Waals surface area contributed by atoms with E-state index in [0.717, 1.165) is 64.9 Å². The number of Topliss-reactive ketones (excluding diaryl/α,β-unsaturated/α-hetero) is 1. The molecule has 0 radical (unpaired) electrons. The molecule has 1 saturated heterocycles. The van der Waals surface area contributed by atoms with Crippen LogP contribution in [0.5, 0.6) is 11.5 Å². The van der Waals surface area contributed by atoms with Crippen molar-refractivity contribution in [2.75, 3.05) is 33.4 Å². The Balaban J connectivity index is 1.64. The van der Waals surface area contributed by atoms with Crippen molar-refractivity contribution in [2.24, 2.45) is 0 Å². The van der Waals surface area contributed by atoms with E-state index in [1.54, 1.807) is 18.4 Å². The summed E-state index contributed by atoms with van der Waals surface area (Å²) in [5.74, 6) is 1.65. The number of aryl methyl sites for hydroxylation is 1. The van der Waals surface area contributed by atoms with Gasteiger partial charge in [0.2, 0.25) is 0 Å². The molecule has 180 valence electrons. The van der Waals surface area contributed by atoms with E-state index < -0.39 is 0 Å². The fraction of sp³-hybridized carbons (Fsp3) is 0.444. The maximum absolute atomic E-state index is 13.8. The van der Waals surface area contributed by atoms with Gasteiger partial charge in [-0.3, -0.25) is 9.69 Å². The van der Waals surface area contributed by atoms with Gasteiger partial charge in [-0.25, -0.2) is 0 Å². The number of morpholine rings is 1. The Morgan fingerprint density at radius 2 is 1.85 bits per heavy atom. The number of carbonyl (C=O) groups is 1. The molecule has 2 aromatic heterocycles. The Bertz CT molecular complexity index is 1180. The van der Waals surface area contributed by atoms with Crippen molar-refractivity contribution in [2.45, 2.75) is 45.9 Å². The minimum absolute atomic E-state index is 0.0330. The molecule has 5 rings (SSSR count). The number of fused-ring (bicyclic) bond motifs is 3. The van der Waals surface area contributed by atoms with Gasteiger partial charge in [0.05, 0.1) is 43.9 Å². The Morgan fingerprint density at radius 3 is 2.53 bits per heavy atom. The van der Waals surface area contributed by atoms with Gasteiger partial charge in [0, 0.05) is 35.6 Å². The largest absolute Gasteiger partial charge is 0.493 e. The number of hydrogen-bond acceptors (Lipinski definition) is 6. The number of carbonyl (C=O) groups excluding carboxylic acids is 1. The lowest BCUT2D eigenvalue weighted by atomic mass is 9.95. The first-order valence-electron chi connectivity index (χ1n) is 12.0. The molecule has 0 aliphatic carbocycles. The van der Waals surface area contributed by atoms with Crippen LogP contribution in [0.25, 0.3) is 21.7 Å². The molecule has 2 aliphatic heterocycles. The SMILES string of the molecule is COc1cc2c(cc1OC(C)C)-c1c(-c3cccs3)cc(C(=O)C(C)N3CCOCC3)n1CC2. The van der Waals surface area contributed by atoms with E-state index in [9.17, 15) is 4.79 Å². The first-order valence-corrected chi connectivity index (χ1v) is 12.9. The van der Waals surface area contributed by atoms with Crippen LogP contribution in [0.4, 0.5) is 0 Å². The third-order valence-corrected chi connectivity index (χ3v) is 7.62. The second-order valence-corrected chi connectivity index (χ2v) is 10.1. The van der Waals surface area contributed by atoms with Crippen LogP contribution in [0.1, 0.15) is 36.8 Å². The van der Waals surface area contributed by atoms with E-state index in [1.165, 1.54) is 5.56 Å². The average molecular weight is 481 g/mol. The van der Waals surface area contributed by atoms with Crippen LogP contribution in [-0.4, -0.2) is 60.8 Å². The topological polar surface area (TPSA) is 52.9 Å². The molecule has 34 heavy (non-hydrogen) atoms. The predicted molar refractivity (Wildman–Crippen MR) is 135 cm³/mol. The Kier molecular flexibility index (Phi) is 6.51. The number of ketones is 1. The number of nitrogens with zero attached hydrogens (tertiary/aromatic N) is 2. The zero-order chi connectivity index (χ0) is 23.8. The summed E-state index contributed by atoms with van der Waals surface area (Å²) in [5, 5.41) is 2.09. The van der Waals surface area contributed by atoms with Crippen LogP contribution in [0.2, 0.25) is 0 Å². The van der Waals surface area contributed by atoms with Crippen LogP contribution in [-0.2, 0) is 17.7 Å². The summed E-state index contributed by atoms with van der Waals surface area (Å²) < 4.78 is 19.5. The highest BCUT2D eigenvalue weighted by Gasteiger charge is 2.32. The fourth-order valence-corrected chi connectivity index (χ4v) is 5.75. The highest BCUT2D eigenvalue weighted by Crippen LogP contribution is 2.45. The molecule has 0 spiro atoms. The van der Waals surface area contributed by atoms with E-state index in [-0.39, 0.29) is 17.9 Å². The number of hydrogen-bond donors (Lipinski definition) is 0. The molecular weight excluding hydrogens is 448 g/mol. The van der Waals surface area contributed by atoms with Gasteiger partial charge < -0.3 is 18.8 Å². The number of ether oxygens (including phenoxy) is 3. The van der Waals surface area contributed by atoms with Gasteiger partial charge in [-0.1, -0.05) is 6.07 Å². The molecule has 2 aliphatic rings. The molecule has 3 aromatic rings. The van der Waals surface area contributed by atoms with Gasteiger partial charge in [0.25, 0.3) is 0 Å². The minimum Gasteiger partial charge on any atom is -0.493 e. The quantitative estimate of drug-likeness (QED) is 0.439. The van der Waals surface area contributed by atoms with Crippen molar-refractivity contribution in [1.29, 1.82) is 0 Å². The van der Waals surface area contributed by atoms with E-state index in [0.29, 0.717) is 13.2 Å². The average Bonchev–Trinajstić information content (AvgIpc) is 3.51. The zero-order valence-electron chi connectivity index (χ0n) is 20.3. The second-order valence-electron chi connectivity index (χ2n) is 9.19. The van der Waals surface area contributed by atoms with E-state index in [1.807, 2.05) is 20.8 Å². The lowest BCUT2D eigenvalue weighted by molar-refractivity contribution is 0.0206. The van der Waals surface area contributed by atoms with Crippen LogP contribution in [0.3, 0.4) is 0 Å². The van der Waals surface area contributed by atoms with Crippen LogP contribution < -0.4 is 9.47 Å². The van der Waals surface area contributed by atoms with E-state index in [4.69, 9.17) is 14.2 Å². The first kappa shape index (κ1) is 23.1. The molecule has 1 atom stereocenters. The summed E-state index contributed by atoms with van der Waals surface area (Å²) in [7, 11) is 1.68. The molecule has 4 heterocycles. The second kappa shape index (κ2) is 9.56. The highest BCUT2D eigenvalue weighted by atomic mass is 32.1. The number of methoxy groups -OCH3 is 1. The number of thiophene rings is 1. The van der Waals surface area contributed by atoms with E-state index in [2.05, 4.69) is 45.2 Å². The first-order chi connectivity index (χ1) is 16.5. The molecule has 0 saturated carbocycles. The van der Waals surface area contributed by atoms with Crippen molar-refractivity contribution in [3.05, 3.63) is 47.0 Å². The number of rotatable bonds is 7. The molecule has 0 N–H and O–H groups in total. The third-order valence-electron chi connectivity index (χ3n) is 6.72. The maximum atomic E-state index is 13.8. The van der Waals surface area contributed by atoms with Crippen LogP contribution in [0, 0.1) is 0 Å².